The summed E-state index contributed by atoms with van der Waals surface area (Å²) >= 11 is 0. The average Bonchev–Trinajstić information content (AvgIpc) is 2.09. The SMILES string of the molecule is Cc1nc(C)c(F)c(NCCF)n1. The summed E-state index contributed by atoms with van der Waals surface area (Å²) in [6.45, 7) is 2.71. The fourth-order valence-corrected chi connectivity index (χ4v) is 0.982. The molecule has 1 rings (SSSR count). The van der Waals surface area contributed by atoms with Crippen molar-refractivity contribution in [1.82, 2.24) is 9.97 Å². The Morgan fingerprint density at radius 3 is 2.62 bits per heavy atom. The van der Waals surface area contributed by atoms with E-state index in [2.05, 4.69) is 15.3 Å². The highest BCUT2D eigenvalue weighted by molar-refractivity contribution is 5.37. The van der Waals surface area contributed by atoms with E-state index in [1.807, 2.05) is 0 Å². The molecule has 5 heteroatoms. The number of nitrogens with zero attached hydrogens (tertiary/aromatic N) is 2. The summed E-state index contributed by atoms with van der Waals surface area (Å²) in [4.78, 5) is 7.63. The van der Waals surface area contributed by atoms with Gasteiger partial charge in [-0.25, -0.2) is 18.7 Å². The third-order valence-electron chi connectivity index (χ3n) is 1.52. The third-order valence-corrected chi connectivity index (χ3v) is 1.52. The van der Waals surface area contributed by atoms with Crippen LogP contribution in [0.4, 0.5) is 14.6 Å². The Bertz CT molecular complexity index is 302. The van der Waals surface area contributed by atoms with Crippen LogP contribution in [0.25, 0.3) is 0 Å². The van der Waals surface area contributed by atoms with E-state index in [0.717, 1.165) is 0 Å². The molecule has 0 atom stereocenters. The number of halogens is 2. The normalized spacial score (nSPS) is 10.2. The highest BCUT2D eigenvalue weighted by Crippen LogP contribution is 2.12. The molecule has 0 aliphatic heterocycles. The summed E-state index contributed by atoms with van der Waals surface area (Å²) in [5.41, 5.74) is 0.272. The Balaban J connectivity index is 2.92. The lowest BCUT2D eigenvalue weighted by molar-refractivity contribution is 0.510. The number of hydrogen-bond acceptors (Lipinski definition) is 3. The molecule has 0 aromatic carbocycles. The Morgan fingerprint density at radius 2 is 2.00 bits per heavy atom. The molecule has 0 aliphatic carbocycles. The molecule has 72 valence electrons. The highest BCUT2D eigenvalue weighted by atomic mass is 19.1. The van der Waals surface area contributed by atoms with Crippen LogP contribution in [0.2, 0.25) is 0 Å². The van der Waals surface area contributed by atoms with Crippen LogP contribution in [0, 0.1) is 19.7 Å². The molecule has 1 N–H and O–H groups in total. The third kappa shape index (κ3) is 2.34. The van der Waals surface area contributed by atoms with Gasteiger partial charge >= 0.3 is 0 Å². The Labute approximate surface area is 75.2 Å². The van der Waals surface area contributed by atoms with Gasteiger partial charge in [-0.3, -0.25) is 0 Å². The van der Waals surface area contributed by atoms with Crippen LogP contribution >= 0.6 is 0 Å². The number of hydrogen-bond donors (Lipinski definition) is 1. The summed E-state index contributed by atoms with van der Waals surface area (Å²) < 4.78 is 25.0. The predicted molar refractivity (Wildman–Crippen MR) is 45.9 cm³/mol. The molecular formula is C8H11F2N3. The molecule has 0 aliphatic rings. The fourth-order valence-electron chi connectivity index (χ4n) is 0.982. The molecule has 1 heterocycles. The van der Waals surface area contributed by atoms with Gasteiger partial charge < -0.3 is 5.32 Å². The molecule has 3 nitrogen and oxygen atoms in total. The van der Waals surface area contributed by atoms with Crippen molar-refractivity contribution < 1.29 is 8.78 Å². The van der Waals surface area contributed by atoms with E-state index in [0.29, 0.717) is 5.82 Å². The molecule has 1 aromatic heterocycles. The van der Waals surface area contributed by atoms with Gasteiger partial charge in [0, 0.05) is 6.54 Å². The molecule has 0 saturated heterocycles. The van der Waals surface area contributed by atoms with E-state index >= 15 is 0 Å². The molecule has 13 heavy (non-hydrogen) atoms. The fraction of sp³-hybridized carbons (Fsp3) is 0.500. The van der Waals surface area contributed by atoms with Gasteiger partial charge in [0.1, 0.15) is 12.5 Å². The monoisotopic (exact) mass is 187 g/mol. The van der Waals surface area contributed by atoms with E-state index in [-0.39, 0.29) is 18.1 Å². The maximum atomic E-state index is 13.2. The Hall–Kier alpha value is -1.26. The van der Waals surface area contributed by atoms with Crippen molar-refractivity contribution in [3.63, 3.8) is 0 Å². The van der Waals surface area contributed by atoms with Crippen molar-refractivity contribution in [3.8, 4) is 0 Å². The summed E-state index contributed by atoms with van der Waals surface area (Å²) in [5.74, 6) is 0.0296. The molecule has 0 unspecified atom stereocenters. The van der Waals surface area contributed by atoms with Crippen LogP contribution in [0.3, 0.4) is 0 Å². The van der Waals surface area contributed by atoms with Crippen molar-refractivity contribution >= 4 is 5.82 Å². The molecule has 0 radical (unpaired) electrons. The number of aromatic nitrogens is 2. The van der Waals surface area contributed by atoms with Crippen molar-refractivity contribution in [1.29, 1.82) is 0 Å². The first-order valence-electron chi connectivity index (χ1n) is 3.95. The molecular weight excluding hydrogens is 176 g/mol. The second-order valence-corrected chi connectivity index (χ2v) is 2.63. The van der Waals surface area contributed by atoms with Gasteiger partial charge in [0.15, 0.2) is 11.6 Å². The van der Waals surface area contributed by atoms with E-state index in [4.69, 9.17) is 0 Å². The lowest BCUT2D eigenvalue weighted by Crippen LogP contribution is -2.09. The zero-order valence-electron chi connectivity index (χ0n) is 7.56. The quantitative estimate of drug-likeness (QED) is 0.781. The first-order chi connectivity index (χ1) is 6.15. The van der Waals surface area contributed by atoms with E-state index < -0.39 is 12.5 Å². The zero-order chi connectivity index (χ0) is 9.84. The maximum Gasteiger partial charge on any atom is 0.186 e. The Morgan fingerprint density at radius 1 is 1.31 bits per heavy atom. The number of aryl methyl sites for hydroxylation is 2. The lowest BCUT2D eigenvalue weighted by atomic mass is 10.4. The van der Waals surface area contributed by atoms with Crippen LogP contribution in [0.5, 0.6) is 0 Å². The smallest absolute Gasteiger partial charge is 0.186 e. The molecule has 0 amide bonds. The first kappa shape index (κ1) is 9.83. The highest BCUT2D eigenvalue weighted by Gasteiger charge is 2.08. The molecule has 0 spiro atoms. The minimum absolute atomic E-state index is 0.0623. The minimum atomic E-state index is -0.554. The maximum absolute atomic E-state index is 13.2. The lowest BCUT2D eigenvalue weighted by Gasteiger charge is -2.06. The van der Waals surface area contributed by atoms with Gasteiger partial charge in [-0.2, -0.15) is 0 Å². The van der Waals surface area contributed by atoms with Gasteiger partial charge in [-0.15, -0.1) is 0 Å². The summed E-state index contributed by atoms with van der Waals surface area (Å²) in [6.07, 6.45) is 0. The zero-order valence-corrected chi connectivity index (χ0v) is 7.56. The largest absolute Gasteiger partial charge is 0.365 e. The number of rotatable bonds is 3. The van der Waals surface area contributed by atoms with Crippen LogP contribution in [0.1, 0.15) is 11.5 Å². The van der Waals surface area contributed by atoms with Gasteiger partial charge in [0.2, 0.25) is 0 Å². The minimum Gasteiger partial charge on any atom is -0.365 e. The summed E-state index contributed by atoms with van der Waals surface area (Å²) in [5, 5.41) is 2.54. The van der Waals surface area contributed by atoms with Gasteiger partial charge in [0.25, 0.3) is 0 Å². The van der Waals surface area contributed by atoms with Gasteiger partial charge in [-0.05, 0) is 13.8 Å². The van der Waals surface area contributed by atoms with Crippen molar-refractivity contribution in [2.24, 2.45) is 0 Å². The van der Waals surface area contributed by atoms with Crippen LogP contribution in [-0.4, -0.2) is 23.2 Å². The predicted octanol–water partition coefficient (Wildman–Crippen LogP) is 1.61. The number of nitrogens with one attached hydrogen (secondary N) is 1. The van der Waals surface area contributed by atoms with Crippen LogP contribution < -0.4 is 5.32 Å². The second kappa shape index (κ2) is 4.11. The Kier molecular flexibility index (Phi) is 3.11. The molecule has 1 aromatic rings. The van der Waals surface area contributed by atoms with Gasteiger partial charge in [-0.1, -0.05) is 0 Å². The van der Waals surface area contributed by atoms with Crippen molar-refractivity contribution in [3.05, 3.63) is 17.3 Å². The standard InChI is InChI=1S/C8H11F2N3/c1-5-7(10)8(11-4-3-9)13-6(2)12-5/h3-4H2,1-2H3,(H,11,12,13). The number of anilines is 1. The van der Waals surface area contributed by atoms with Crippen LogP contribution in [0.15, 0.2) is 0 Å². The average molecular weight is 187 g/mol. The van der Waals surface area contributed by atoms with E-state index in [1.165, 1.54) is 0 Å². The molecule has 0 saturated carbocycles. The number of alkyl halides is 1. The van der Waals surface area contributed by atoms with Crippen molar-refractivity contribution in [2.45, 2.75) is 13.8 Å². The van der Waals surface area contributed by atoms with Crippen LogP contribution in [-0.2, 0) is 0 Å². The summed E-state index contributed by atoms with van der Waals surface area (Å²) in [7, 11) is 0. The topological polar surface area (TPSA) is 37.8 Å². The second-order valence-electron chi connectivity index (χ2n) is 2.63. The van der Waals surface area contributed by atoms with Crippen molar-refractivity contribution in [2.75, 3.05) is 18.5 Å². The molecule has 0 bridgehead atoms. The first-order valence-corrected chi connectivity index (χ1v) is 3.95. The van der Waals surface area contributed by atoms with Gasteiger partial charge in [0.05, 0.1) is 5.69 Å². The van der Waals surface area contributed by atoms with E-state index in [9.17, 15) is 8.78 Å². The molecule has 0 fully saturated rings. The summed E-state index contributed by atoms with van der Waals surface area (Å²) in [6, 6.07) is 0. The van der Waals surface area contributed by atoms with E-state index in [1.54, 1.807) is 13.8 Å².